The third kappa shape index (κ3) is 1.86. The van der Waals surface area contributed by atoms with E-state index in [1.54, 1.807) is 0 Å². The van der Waals surface area contributed by atoms with E-state index in [-0.39, 0.29) is 5.78 Å². The van der Waals surface area contributed by atoms with Crippen molar-refractivity contribution in [3.05, 3.63) is 35.4 Å². The summed E-state index contributed by atoms with van der Waals surface area (Å²) >= 11 is 0. The molecule has 0 atom stereocenters. The van der Waals surface area contributed by atoms with Crippen LogP contribution in [0, 0.1) is 17.8 Å². The minimum atomic E-state index is 0.266. The Morgan fingerprint density at radius 2 is 1.50 bits per heavy atom. The topological polar surface area (TPSA) is 17.1 Å². The van der Waals surface area contributed by atoms with Crippen molar-refractivity contribution in [1.82, 2.24) is 0 Å². The molecule has 4 aliphatic rings. The van der Waals surface area contributed by atoms with Gasteiger partial charge >= 0.3 is 0 Å². The lowest BCUT2D eigenvalue weighted by molar-refractivity contribution is -0.00519. The first kappa shape index (κ1) is 12.6. The summed E-state index contributed by atoms with van der Waals surface area (Å²) < 4.78 is 0. The van der Waals surface area contributed by atoms with Crippen LogP contribution in [0.25, 0.3) is 0 Å². The Labute approximate surface area is 121 Å². The monoisotopic (exact) mass is 268 g/mol. The molecule has 0 aliphatic heterocycles. The number of ketones is 1. The number of rotatable bonds is 3. The van der Waals surface area contributed by atoms with Gasteiger partial charge in [0.05, 0.1) is 0 Å². The molecule has 0 N–H and O–H groups in total. The summed E-state index contributed by atoms with van der Waals surface area (Å²) in [7, 11) is 0. The largest absolute Gasteiger partial charge is 0.294 e. The highest BCUT2D eigenvalue weighted by Crippen LogP contribution is 2.60. The summed E-state index contributed by atoms with van der Waals surface area (Å²) in [6, 6.07) is 8.66. The second-order valence-corrected chi connectivity index (χ2v) is 7.55. The predicted octanol–water partition coefficient (Wildman–Crippen LogP) is 4.75. The lowest BCUT2D eigenvalue weighted by Gasteiger charge is -2.57. The SMILES string of the molecule is CCC(=O)c1ccc(C23CC4CC(CC(C4)C2)C3)cc1. The molecule has 0 saturated heterocycles. The maximum atomic E-state index is 11.8. The first-order chi connectivity index (χ1) is 9.68. The zero-order chi connectivity index (χ0) is 13.7. The summed E-state index contributed by atoms with van der Waals surface area (Å²) in [5, 5.41) is 0. The number of benzene rings is 1. The van der Waals surface area contributed by atoms with Crippen molar-refractivity contribution in [2.75, 3.05) is 0 Å². The van der Waals surface area contributed by atoms with Crippen molar-refractivity contribution in [2.45, 2.75) is 57.3 Å². The Hall–Kier alpha value is -1.11. The number of hydrogen-bond donors (Lipinski definition) is 0. The minimum Gasteiger partial charge on any atom is -0.294 e. The highest BCUT2D eigenvalue weighted by atomic mass is 16.1. The fourth-order valence-corrected chi connectivity index (χ4v) is 5.68. The van der Waals surface area contributed by atoms with E-state index in [0.717, 1.165) is 23.3 Å². The Kier molecular flexibility index (Phi) is 2.80. The van der Waals surface area contributed by atoms with Crippen molar-refractivity contribution in [3.63, 3.8) is 0 Å². The Morgan fingerprint density at radius 1 is 1.00 bits per heavy atom. The molecule has 1 aromatic carbocycles. The molecule has 1 nitrogen and oxygen atoms in total. The number of carbonyl (C=O) groups is 1. The van der Waals surface area contributed by atoms with Crippen molar-refractivity contribution in [2.24, 2.45) is 17.8 Å². The van der Waals surface area contributed by atoms with E-state index in [1.165, 1.54) is 44.1 Å². The van der Waals surface area contributed by atoms with E-state index >= 15 is 0 Å². The van der Waals surface area contributed by atoms with E-state index < -0.39 is 0 Å². The zero-order valence-corrected chi connectivity index (χ0v) is 12.4. The average Bonchev–Trinajstić information content (AvgIpc) is 2.45. The number of carbonyl (C=O) groups excluding carboxylic acids is 1. The van der Waals surface area contributed by atoms with Gasteiger partial charge in [-0.05, 0) is 67.3 Å². The van der Waals surface area contributed by atoms with Crippen LogP contribution >= 0.6 is 0 Å². The molecule has 0 amide bonds. The van der Waals surface area contributed by atoms with E-state index in [2.05, 4.69) is 24.3 Å². The Morgan fingerprint density at radius 3 is 1.95 bits per heavy atom. The van der Waals surface area contributed by atoms with Gasteiger partial charge in [-0.2, -0.15) is 0 Å². The highest BCUT2D eigenvalue weighted by Gasteiger charge is 2.51. The third-order valence-corrected chi connectivity index (χ3v) is 6.18. The molecule has 0 unspecified atom stereocenters. The molecule has 0 spiro atoms. The quantitative estimate of drug-likeness (QED) is 0.723. The second-order valence-electron chi connectivity index (χ2n) is 7.55. The molecular formula is C19H24O. The number of Topliss-reactive ketones (excluding diaryl/α,β-unsaturated/α-hetero) is 1. The van der Waals surface area contributed by atoms with Crippen molar-refractivity contribution >= 4 is 5.78 Å². The molecule has 0 radical (unpaired) electrons. The van der Waals surface area contributed by atoms with E-state index in [9.17, 15) is 4.79 Å². The van der Waals surface area contributed by atoms with Crippen LogP contribution in [0.2, 0.25) is 0 Å². The van der Waals surface area contributed by atoms with Gasteiger partial charge in [0.15, 0.2) is 5.78 Å². The maximum absolute atomic E-state index is 11.8. The molecule has 0 aromatic heterocycles. The molecule has 20 heavy (non-hydrogen) atoms. The van der Waals surface area contributed by atoms with Crippen LogP contribution in [0.15, 0.2) is 24.3 Å². The molecule has 5 rings (SSSR count). The molecule has 1 heteroatoms. The summed E-state index contributed by atoms with van der Waals surface area (Å²) in [4.78, 5) is 11.8. The number of hydrogen-bond acceptors (Lipinski definition) is 1. The lowest BCUT2D eigenvalue weighted by atomic mass is 9.48. The first-order valence-electron chi connectivity index (χ1n) is 8.32. The van der Waals surface area contributed by atoms with Crippen LogP contribution in [0.3, 0.4) is 0 Å². The predicted molar refractivity (Wildman–Crippen MR) is 80.9 cm³/mol. The van der Waals surface area contributed by atoms with E-state index in [0.29, 0.717) is 11.8 Å². The van der Waals surface area contributed by atoms with Gasteiger partial charge in [-0.25, -0.2) is 0 Å². The summed E-state index contributed by atoms with van der Waals surface area (Å²) in [5.74, 6) is 3.22. The van der Waals surface area contributed by atoms with Gasteiger partial charge in [-0.3, -0.25) is 4.79 Å². The summed E-state index contributed by atoms with van der Waals surface area (Å²) in [6.07, 6.45) is 9.29. The second kappa shape index (κ2) is 4.44. The van der Waals surface area contributed by atoms with Gasteiger partial charge < -0.3 is 0 Å². The molecule has 4 fully saturated rings. The van der Waals surface area contributed by atoms with Gasteiger partial charge in [0.25, 0.3) is 0 Å². The van der Waals surface area contributed by atoms with Crippen molar-refractivity contribution < 1.29 is 4.79 Å². The Balaban J connectivity index is 1.65. The molecule has 4 aliphatic carbocycles. The van der Waals surface area contributed by atoms with Crippen molar-refractivity contribution in [1.29, 1.82) is 0 Å². The van der Waals surface area contributed by atoms with E-state index in [4.69, 9.17) is 0 Å². The molecule has 106 valence electrons. The van der Waals surface area contributed by atoms with Crippen LogP contribution in [0.4, 0.5) is 0 Å². The smallest absolute Gasteiger partial charge is 0.162 e. The molecule has 0 heterocycles. The summed E-state index contributed by atoms with van der Waals surface area (Å²) in [5.41, 5.74) is 2.87. The van der Waals surface area contributed by atoms with Gasteiger partial charge in [0.2, 0.25) is 0 Å². The standard InChI is InChI=1S/C19H24O/c1-2-18(20)16-3-5-17(6-4-16)19-10-13-7-14(11-19)9-15(8-13)12-19/h3-6,13-15H,2,7-12H2,1H3. The average molecular weight is 268 g/mol. The van der Waals surface area contributed by atoms with Gasteiger partial charge in [0.1, 0.15) is 0 Å². The normalized spacial score (nSPS) is 38.1. The lowest BCUT2D eigenvalue weighted by Crippen LogP contribution is -2.48. The maximum Gasteiger partial charge on any atom is 0.162 e. The fraction of sp³-hybridized carbons (Fsp3) is 0.632. The molecular weight excluding hydrogens is 244 g/mol. The first-order valence-corrected chi connectivity index (χ1v) is 8.32. The molecule has 4 bridgehead atoms. The van der Waals surface area contributed by atoms with Crippen LogP contribution in [0.1, 0.15) is 67.8 Å². The van der Waals surface area contributed by atoms with Crippen molar-refractivity contribution in [3.8, 4) is 0 Å². The molecule has 1 aromatic rings. The fourth-order valence-electron chi connectivity index (χ4n) is 5.68. The van der Waals surface area contributed by atoms with Gasteiger partial charge in [-0.1, -0.05) is 31.2 Å². The third-order valence-electron chi connectivity index (χ3n) is 6.18. The Bertz CT molecular complexity index is 490. The van der Waals surface area contributed by atoms with Crippen LogP contribution in [0.5, 0.6) is 0 Å². The van der Waals surface area contributed by atoms with Gasteiger partial charge in [0, 0.05) is 12.0 Å². The summed E-state index contributed by atoms with van der Waals surface area (Å²) in [6.45, 7) is 1.94. The zero-order valence-electron chi connectivity index (χ0n) is 12.4. The van der Waals surface area contributed by atoms with Crippen LogP contribution in [-0.4, -0.2) is 5.78 Å². The van der Waals surface area contributed by atoms with Gasteiger partial charge in [-0.15, -0.1) is 0 Å². The minimum absolute atomic E-state index is 0.266. The van der Waals surface area contributed by atoms with Crippen LogP contribution < -0.4 is 0 Å². The highest BCUT2D eigenvalue weighted by molar-refractivity contribution is 5.95. The van der Waals surface area contributed by atoms with Crippen LogP contribution in [-0.2, 0) is 5.41 Å². The van der Waals surface area contributed by atoms with E-state index in [1.807, 2.05) is 6.92 Å². The molecule has 4 saturated carbocycles.